The van der Waals surface area contributed by atoms with Crippen molar-refractivity contribution in [1.29, 1.82) is 0 Å². The molecule has 0 amide bonds. The van der Waals surface area contributed by atoms with Gasteiger partial charge in [-0.25, -0.2) is 0 Å². The molecule has 1 saturated heterocycles. The molecule has 0 aromatic rings. The fourth-order valence-corrected chi connectivity index (χ4v) is 1.14. The molecule has 1 unspecified atom stereocenters. The van der Waals surface area contributed by atoms with Gasteiger partial charge in [-0.1, -0.05) is 0 Å². The molecule has 1 aliphatic rings. The monoisotopic (exact) mass is 198 g/mol. The van der Waals surface area contributed by atoms with Gasteiger partial charge in [0.1, 0.15) is 0 Å². The van der Waals surface area contributed by atoms with E-state index in [0.717, 1.165) is 23.8 Å². The van der Waals surface area contributed by atoms with Gasteiger partial charge in [0.05, 0.1) is 0 Å². The Balaban J connectivity index is 1.74. The van der Waals surface area contributed by atoms with E-state index < -0.39 is 0 Å². The summed E-state index contributed by atoms with van der Waals surface area (Å²) in [4.78, 5) is 0. The van der Waals surface area contributed by atoms with E-state index in [1.807, 2.05) is 11.8 Å². The average Bonchev–Trinajstić information content (AvgIpc) is 2.51. The van der Waals surface area contributed by atoms with Crippen molar-refractivity contribution < 1.29 is 4.74 Å². The molecule has 8 heavy (non-hydrogen) atoms. The zero-order valence-electron chi connectivity index (χ0n) is 4.67. The summed E-state index contributed by atoms with van der Waals surface area (Å²) >= 11 is 4.51. The van der Waals surface area contributed by atoms with Gasteiger partial charge in [-0.05, 0) is 0 Å². The van der Waals surface area contributed by atoms with Crippen LogP contribution in [0.1, 0.15) is 0 Å². The van der Waals surface area contributed by atoms with Crippen molar-refractivity contribution in [2.45, 2.75) is 10.6 Å². The predicted octanol–water partition coefficient (Wildman–Crippen LogP) is 0.438. The first-order valence-electron chi connectivity index (χ1n) is 2.73. The molecule has 1 rings (SSSR count). The van der Waals surface area contributed by atoms with Crippen LogP contribution in [0.4, 0.5) is 0 Å². The molecule has 0 aromatic carbocycles. The van der Waals surface area contributed by atoms with Gasteiger partial charge in [-0.3, -0.25) is 0 Å². The second-order valence-electron chi connectivity index (χ2n) is 1.75. The molecule has 1 nitrogen and oxygen atoms in total. The maximum atomic E-state index is 5.27. The summed E-state index contributed by atoms with van der Waals surface area (Å²) in [6.45, 7) is 1.89. The maximum absolute atomic E-state index is 5.27. The summed E-state index contributed by atoms with van der Waals surface area (Å²) in [5.41, 5.74) is 0. The predicted molar refractivity (Wildman–Crippen MR) is 39.0 cm³/mol. The van der Waals surface area contributed by atoms with Crippen molar-refractivity contribution in [2.24, 2.45) is 0 Å². The van der Waals surface area contributed by atoms with Crippen LogP contribution in [0, 0.1) is 0 Å². The SMILES string of the molecule is [SeH]CCOCC1CS1. The van der Waals surface area contributed by atoms with E-state index in [2.05, 4.69) is 16.0 Å². The van der Waals surface area contributed by atoms with E-state index in [1.54, 1.807) is 0 Å². The Morgan fingerprint density at radius 1 is 1.75 bits per heavy atom. The Kier molecular flexibility index (Phi) is 3.28. The molecule has 0 radical (unpaired) electrons. The van der Waals surface area contributed by atoms with Crippen LogP contribution in [0.2, 0.25) is 5.32 Å². The molecule has 1 heterocycles. The molecule has 0 aliphatic carbocycles. The first-order valence-corrected chi connectivity index (χ1v) is 5.11. The Hall–Kier alpha value is 0.829. The molecule has 0 aromatic heterocycles. The summed E-state index contributed by atoms with van der Waals surface area (Å²) in [5.74, 6) is 1.32. The van der Waals surface area contributed by atoms with Crippen molar-refractivity contribution in [2.75, 3.05) is 19.0 Å². The van der Waals surface area contributed by atoms with Gasteiger partial charge in [0.2, 0.25) is 0 Å². The van der Waals surface area contributed by atoms with Crippen LogP contribution in [0.3, 0.4) is 0 Å². The van der Waals surface area contributed by atoms with Crippen molar-refractivity contribution in [3.8, 4) is 0 Å². The molecule has 1 atom stereocenters. The Labute approximate surface area is 62.4 Å². The van der Waals surface area contributed by atoms with E-state index in [-0.39, 0.29) is 0 Å². The van der Waals surface area contributed by atoms with Crippen LogP contribution in [-0.4, -0.2) is 40.2 Å². The standard InChI is InChI=1S/C5H10OSSe/c8-2-1-6-3-5-4-7-5/h5,8H,1-4H2. The number of hydrogen-bond acceptors (Lipinski definition) is 2. The van der Waals surface area contributed by atoms with E-state index in [4.69, 9.17) is 4.74 Å². The summed E-state index contributed by atoms with van der Waals surface area (Å²) in [6, 6.07) is 0. The third kappa shape index (κ3) is 2.98. The molecule has 1 aliphatic heterocycles. The summed E-state index contributed by atoms with van der Waals surface area (Å²) < 4.78 is 5.27. The number of hydrogen-bond donors (Lipinski definition) is 0. The Morgan fingerprint density at radius 3 is 3.00 bits per heavy atom. The molecule has 1 fully saturated rings. The molecule has 3 heteroatoms. The Morgan fingerprint density at radius 2 is 2.50 bits per heavy atom. The van der Waals surface area contributed by atoms with Crippen LogP contribution in [-0.2, 0) is 4.74 Å². The zero-order valence-corrected chi connectivity index (χ0v) is 7.36. The van der Waals surface area contributed by atoms with Gasteiger partial charge in [0.15, 0.2) is 0 Å². The average molecular weight is 197 g/mol. The third-order valence-electron chi connectivity index (χ3n) is 0.942. The second kappa shape index (κ2) is 3.78. The van der Waals surface area contributed by atoms with Gasteiger partial charge >= 0.3 is 62.0 Å². The van der Waals surface area contributed by atoms with Crippen molar-refractivity contribution in [1.82, 2.24) is 0 Å². The molecule has 48 valence electrons. The van der Waals surface area contributed by atoms with Crippen LogP contribution >= 0.6 is 11.8 Å². The quantitative estimate of drug-likeness (QED) is 0.367. The molecular formula is C5H10OSSe. The van der Waals surface area contributed by atoms with Crippen LogP contribution < -0.4 is 0 Å². The van der Waals surface area contributed by atoms with E-state index in [1.165, 1.54) is 5.75 Å². The van der Waals surface area contributed by atoms with Crippen molar-refractivity contribution in [3.63, 3.8) is 0 Å². The molecule has 0 saturated carbocycles. The topological polar surface area (TPSA) is 9.23 Å². The molecule has 0 bridgehead atoms. The van der Waals surface area contributed by atoms with Crippen molar-refractivity contribution >= 4 is 27.8 Å². The van der Waals surface area contributed by atoms with Gasteiger partial charge in [0, 0.05) is 0 Å². The van der Waals surface area contributed by atoms with Gasteiger partial charge in [-0.15, -0.1) is 0 Å². The van der Waals surface area contributed by atoms with Crippen LogP contribution in [0.5, 0.6) is 0 Å². The van der Waals surface area contributed by atoms with Gasteiger partial charge < -0.3 is 0 Å². The Bertz CT molecular complexity index is 65.4. The zero-order chi connectivity index (χ0) is 5.82. The van der Waals surface area contributed by atoms with Crippen LogP contribution in [0.25, 0.3) is 0 Å². The van der Waals surface area contributed by atoms with Crippen molar-refractivity contribution in [3.05, 3.63) is 0 Å². The minimum absolute atomic E-state index is 0.842. The van der Waals surface area contributed by atoms with E-state index in [9.17, 15) is 0 Å². The first-order chi connectivity index (χ1) is 3.93. The number of thioether (sulfide) groups is 1. The van der Waals surface area contributed by atoms with E-state index >= 15 is 0 Å². The fraction of sp³-hybridized carbons (Fsp3) is 1.00. The second-order valence-corrected chi connectivity index (χ2v) is 4.03. The first kappa shape index (κ1) is 6.94. The normalized spacial score (nSPS) is 25.9. The van der Waals surface area contributed by atoms with Crippen LogP contribution in [0.15, 0.2) is 0 Å². The third-order valence-corrected chi connectivity index (χ3v) is 2.27. The van der Waals surface area contributed by atoms with Gasteiger partial charge in [-0.2, -0.15) is 0 Å². The van der Waals surface area contributed by atoms with Gasteiger partial charge in [0.25, 0.3) is 0 Å². The summed E-state index contributed by atoms with van der Waals surface area (Å²) in [6.07, 6.45) is 0. The molecule has 0 N–H and O–H groups in total. The number of ether oxygens (including phenoxy) is 1. The fourth-order valence-electron chi connectivity index (χ4n) is 0.444. The van der Waals surface area contributed by atoms with E-state index in [0.29, 0.717) is 0 Å². The molecular weight excluding hydrogens is 187 g/mol. The summed E-state index contributed by atoms with van der Waals surface area (Å²) in [7, 11) is 0. The minimum atomic E-state index is 0.842. The molecule has 0 spiro atoms. The summed E-state index contributed by atoms with van der Waals surface area (Å²) in [5, 5.41) is 1.93. The number of rotatable bonds is 4.